The molecule has 0 spiro atoms. The Balaban J connectivity index is 1.69. The minimum absolute atomic E-state index is 0.0102. The third kappa shape index (κ3) is 3.14. The molecular formula is C15H24N2O3S. The number of fused-ring (bicyclic) bond motifs is 1. The Labute approximate surface area is 129 Å². The van der Waals surface area contributed by atoms with Gasteiger partial charge in [0.15, 0.2) is 0 Å². The molecule has 5 nitrogen and oxygen atoms in total. The fourth-order valence-corrected chi connectivity index (χ4v) is 4.46. The van der Waals surface area contributed by atoms with Crippen molar-refractivity contribution < 1.29 is 14.6 Å². The van der Waals surface area contributed by atoms with Gasteiger partial charge in [0.2, 0.25) is 0 Å². The van der Waals surface area contributed by atoms with Gasteiger partial charge in [-0.05, 0) is 25.7 Å². The van der Waals surface area contributed by atoms with Gasteiger partial charge in [-0.25, -0.2) is 0 Å². The van der Waals surface area contributed by atoms with Crippen LogP contribution in [0, 0.1) is 0 Å². The van der Waals surface area contributed by atoms with Gasteiger partial charge in [-0.2, -0.15) is 0 Å². The Morgan fingerprint density at radius 3 is 3.14 bits per heavy atom. The van der Waals surface area contributed by atoms with Crippen molar-refractivity contribution in [3.05, 3.63) is 16.6 Å². The summed E-state index contributed by atoms with van der Waals surface area (Å²) in [7, 11) is 1.85. The first-order valence-corrected chi connectivity index (χ1v) is 8.54. The molecule has 1 saturated heterocycles. The third-order valence-corrected chi connectivity index (χ3v) is 5.70. The fraction of sp³-hybridized carbons (Fsp3) is 0.800. The van der Waals surface area contributed by atoms with Crippen molar-refractivity contribution in [2.75, 3.05) is 26.9 Å². The number of hydrogen-bond donors (Lipinski definition) is 1. The van der Waals surface area contributed by atoms with Crippen molar-refractivity contribution >= 4 is 11.3 Å². The molecule has 2 fully saturated rings. The summed E-state index contributed by atoms with van der Waals surface area (Å²) in [4.78, 5) is 7.99. The summed E-state index contributed by atoms with van der Waals surface area (Å²) in [6.45, 7) is 2.56. The molecule has 0 amide bonds. The van der Waals surface area contributed by atoms with Gasteiger partial charge >= 0.3 is 0 Å². The molecule has 3 rings (SSSR count). The van der Waals surface area contributed by atoms with E-state index in [1.54, 1.807) is 11.3 Å². The smallest absolute Gasteiger partial charge is 0.0847 e. The second-order valence-electron chi connectivity index (χ2n) is 5.96. The topological polar surface area (TPSA) is 54.8 Å². The standard InChI is InChI=1S/C15H24N2O3S/c1-19-15-3-2-12(20-7-6-18)8-14(15)17(5-4-15)10-13-9-16-11-21-13/h9,11-12,14,18H,2-8,10H2,1H3/t12-,14-,15+/m0/s1. The molecule has 1 aromatic rings. The zero-order valence-electron chi connectivity index (χ0n) is 12.5. The molecule has 0 aromatic carbocycles. The average molecular weight is 312 g/mol. The normalized spacial score (nSPS) is 33.2. The van der Waals surface area contributed by atoms with E-state index in [1.807, 2.05) is 18.8 Å². The van der Waals surface area contributed by atoms with Crippen molar-refractivity contribution in [2.45, 2.75) is 50.0 Å². The van der Waals surface area contributed by atoms with Crippen molar-refractivity contribution in [1.29, 1.82) is 0 Å². The maximum absolute atomic E-state index is 8.94. The van der Waals surface area contributed by atoms with Crippen LogP contribution in [-0.4, -0.2) is 59.6 Å². The number of rotatable bonds is 6. The number of aromatic nitrogens is 1. The van der Waals surface area contributed by atoms with Crippen LogP contribution in [0.5, 0.6) is 0 Å². The highest BCUT2D eigenvalue weighted by atomic mass is 32.1. The maximum Gasteiger partial charge on any atom is 0.0847 e. The van der Waals surface area contributed by atoms with Gasteiger partial charge in [-0.3, -0.25) is 9.88 Å². The summed E-state index contributed by atoms with van der Waals surface area (Å²) in [6.07, 6.45) is 6.36. The van der Waals surface area contributed by atoms with Crippen LogP contribution in [0.4, 0.5) is 0 Å². The van der Waals surface area contributed by atoms with Crippen molar-refractivity contribution in [3.63, 3.8) is 0 Å². The highest BCUT2D eigenvalue weighted by molar-refractivity contribution is 7.09. The lowest BCUT2D eigenvalue weighted by Crippen LogP contribution is -2.51. The molecular weight excluding hydrogens is 288 g/mol. The predicted octanol–water partition coefficient (Wildman–Crippen LogP) is 1.66. The largest absolute Gasteiger partial charge is 0.394 e. The molecule has 3 atom stereocenters. The van der Waals surface area contributed by atoms with Gasteiger partial charge in [0.05, 0.1) is 30.4 Å². The summed E-state index contributed by atoms with van der Waals surface area (Å²) in [6, 6.07) is 0.405. The molecule has 1 aliphatic heterocycles. The maximum atomic E-state index is 8.94. The number of nitrogens with zero attached hydrogens (tertiary/aromatic N) is 2. The SMILES string of the molecule is CO[C@@]12CC[C@H](OCCO)C[C@@H]1N(Cc1cncs1)CC2. The van der Waals surface area contributed by atoms with E-state index >= 15 is 0 Å². The second-order valence-corrected chi connectivity index (χ2v) is 6.93. The number of thiazole rings is 1. The Morgan fingerprint density at radius 2 is 2.43 bits per heavy atom. The van der Waals surface area contributed by atoms with E-state index in [9.17, 15) is 0 Å². The lowest BCUT2D eigenvalue weighted by Gasteiger charge is -2.43. The van der Waals surface area contributed by atoms with Gasteiger partial charge in [0, 0.05) is 37.3 Å². The predicted molar refractivity (Wildman–Crippen MR) is 81.3 cm³/mol. The first-order chi connectivity index (χ1) is 10.3. The summed E-state index contributed by atoms with van der Waals surface area (Å²) in [5.74, 6) is 0. The average Bonchev–Trinajstić information content (AvgIpc) is 3.14. The molecule has 1 aliphatic carbocycles. The van der Waals surface area contributed by atoms with Gasteiger partial charge in [0.1, 0.15) is 0 Å². The Bertz CT molecular complexity index is 442. The first-order valence-electron chi connectivity index (χ1n) is 7.66. The molecule has 2 aliphatic rings. The molecule has 1 N–H and O–H groups in total. The molecule has 0 bridgehead atoms. The van der Waals surface area contributed by atoms with Crippen LogP contribution in [0.3, 0.4) is 0 Å². The number of hydrogen-bond acceptors (Lipinski definition) is 6. The van der Waals surface area contributed by atoms with E-state index in [2.05, 4.69) is 9.88 Å². The van der Waals surface area contributed by atoms with E-state index < -0.39 is 0 Å². The molecule has 118 valence electrons. The highest BCUT2D eigenvalue weighted by Crippen LogP contribution is 2.43. The molecule has 2 heterocycles. The lowest BCUT2D eigenvalue weighted by molar-refractivity contribution is -0.104. The fourth-order valence-electron chi connectivity index (χ4n) is 3.84. The minimum atomic E-state index is -0.0102. The first kappa shape index (κ1) is 15.4. The van der Waals surface area contributed by atoms with E-state index in [-0.39, 0.29) is 18.3 Å². The van der Waals surface area contributed by atoms with E-state index in [4.69, 9.17) is 14.6 Å². The molecule has 21 heavy (non-hydrogen) atoms. The highest BCUT2D eigenvalue weighted by Gasteiger charge is 2.51. The van der Waals surface area contributed by atoms with Crippen molar-refractivity contribution in [1.82, 2.24) is 9.88 Å². The Kier molecular flexibility index (Phi) is 4.91. The molecule has 1 aromatic heterocycles. The summed E-state index contributed by atoms with van der Waals surface area (Å²) in [5.41, 5.74) is 1.88. The van der Waals surface area contributed by atoms with E-state index in [0.29, 0.717) is 12.6 Å². The number of methoxy groups -OCH3 is 1. The summed E-state index contributed by atoms with van der Waals surface area (Å²) >= 11 is 1.71. The molecule has 1 saturated carbocycles. The molecule has 0 unspecified atom stereocenters. The second kappa shape index (κ2) is 6.71. The monoisotopic (exact) mass is 312 g/mol. The zero-order chi connectivity index (χ0) is 14.7. The van der Waals surface area contributed by atoms with Crippen LogP contribution in [-0.2, 0) is 16.0 Å². The van der Waals surface area contributed by atoms with Gasteiger partial charge in [-0.1, -0.05) is 0 Å². The lowest BCUT2D eigenvalue weighted by atomic mass is 9.79. The van der Waals surface area contributed by atoms with Crippen LogP contribution in [0.15, 0.2) is 11.7 Å². The van der Waals surface area contributed by atoms with E-state index in [0.717, 1.165) is 38.8 Å². The number of likely N-dealkylation sites (tertiary alicyclic amines) is 1. The van der Waals surface area contributed by atoms with Crippen LogP contribution in [0.1, 0.15) is 30.6 Å². The summed E-state index contributed by atoms with van der Waals surface area (Å²) in [5, 5.41) is 8.94. The van der Waals surface area contributed by atoms with Crippen LogP contribution in [0.2, 0.25) is 0 Å². The minimum Gasteiger partial charge on any atom is -0.394 e. The number of aliphatic hydroxyl groups is 1. The van der Waals surface area contributed by atoms with Gasteiger partial charge in [0.25, 0.3) is 0 Å². The molecule has 6 heteroatoms. The van der Waals surface area contributed by atoms with Gasteiger partial charge < -0.3 is 14.6 Å². The quantitative estimate of drug-likeness (QED) is 0.866. The third-order valence-electron chi connectivity index (χ3n) is 4.94. The Hall–Kier alpha value is -0.530. The van der Waals surface area contributed by atoms with Crippen molar-refractivity contribution in [3.8, 4) is 0 Å². The van der Waals surface area contributed by atoms with Crippen LogP contribution >= 0.6 is 11.3 Å². The van der Waals surface area contributed by atoms with Crippen LogP contribution < -0.4 is 0 Å². The van der Waals surface area contributed by atoms with Crippen LogP contribution in [0.25, 0.3) is 0 Å². The number of ether oxygens (including phenoxy) is 2. The van der Waals surface area contributed by atoms with Crippen molar-refractivity contribution in [2.24, 2.45) is 0 Å². The molecule has 0 radical (unpaired) electrons. The van der Waals surface area contributed by atoms with Gasteiger partial charge in [-0.15, -0.1) is 11.3 Å². The summed E-state index contributed by atoms with van der Waals surface area (Å²) < 4.78 is 11.7. The zero-order valence-corrected chi connectivity index (χ0v) is 13.3. The Morgan fingerprint density at radius 1 is 1.52 bits per heavy atom. The van der Waals surface area contributed by atoms with E-state index in [1.165, 1.54) is 4.88 Å². The number of aliphatic hydroxyl groups excluding tert-OH is 1.